The number of aromatic amines is 1. The van der Waals surface area contributed by atoms with Gasteiger partial charge in [-0.05, 0) is 35.7 Å². The molecule has 0 atom stereocenters. The number of rotatable bonds is 5. The number of hydrogen-bond donors (Lipinski definition) is 2. The smallest absolute Gasteiger partial charge is 0.328 e. The lowest BCUT2D eigenvalue weighted by Gasteiger charge is -2.28. The van der Waals surface area contributed by atoms with Gasteiger partial charge in [-0.1, -0.05) is 6.07 Å². The van der Waals surface area contributed by atoms with Crippen LogP contribution >= 0.6 is 11.3 Å². The standard InChI is InChI=1S/C20H20N4O4S/c25-18(22-14-3-5-15(6-4-14)23-7-9-28-10-8-23)17-12-21-20(27)24(19(17)26)13-16-2-1-11-29-16/h1-6,11-12H,7-10,13H2,(H,21,27)(H,22,25). The van der Waals surface area contributed by atoms with Gasteiger partial charge in [0.05, 0.1) is 19.8 Å². The molecule has 0 aliphatic carbocycles. The lowest BCUT2D eigenvalue weighted by atomic mass is 10.2. The maximum absolute atomic E-state index is 12.7. The van der Waals surface area contributed by atoms with Crippen molar-refractivity contribution in [2.24, 2.45) is 0 Å². The quantitative estimate of drug-likeness (QED) is 0.665. The molecule has 1 aliphatic heterocycles. The van der Waals surface area contributed by atoms with Crippen molar-refractivity contribution < 1.29 is 9.53 Å². The number of aromatic nitrogens is 2. The highest BCUT2D eigenvalue weighted by atomic mass is 32.1. The van der Waals surface area contributed by atoms with E-state index in [1.54, 1.807) is 12.1 Å². The second-order valence-corrected chi connectivity index (χ2v) is 7.61. The number of ether oxygens (including phenoxy) is 1. The Bertz CT molecular complexity index is 1100. The molecule has 1 fully saturated rings. The van der Waals surface area contributed by atoms with Crippen molar-refractivity contribution >= 4 is 28.6 Å². The van der Waals surface area contributed by atoms with Gasteiger partial charge in [-0.15, -0.1) is 11.3 Å². The van der Waals surface area contributed by atoms with Gasteiger partial charge < -0.3 is 19.9 Å². The Morgan fingerprint density at radius 2 is 1.90 bits per heavy atom. The van der Waals surface area contributed by atoms with Crippen molar-refractivity contribution in [1.29, 1.82) is 0 Å². The number of nitrogens with zero attached hydrogens (tertiary/aromatic N) is 2. The zero-order chi connectivity index (χ0) is 20.2. The minimum Gasteiger partial charge on any atom is -0.378 e. The van der Waals surface area contributed by atoms with Crippen LogP contribution in [0.4, 0.5) is 11.4 Å². The number of H-pyrrole nitrogens is 1. The first-order chi connectivity index (χ1) is 14.1. The minimum atomic E-state index is -0.621. The van der Waals surface area contributed by atoms with Gasteiger partial charge in [0.1, 0.15) is 5.56 Å². The molecule has 3 heterocycles. The predicted molar refractivity (Wildman–Crippen MR) is 112 cm³/mol. The van der Waals surface area contributed by atoms with E-state index in [4.69, 9.17) is 4.74 Å². The van der Waals surface area contributed by atoms with Crippen molar-refractivity contribution in [3.8, 4) is 0 Å². The highest BCUT2D eigenvalue weighted by molar-refractivity contribution is 7.09. The third-order valence-corrected chi connectivity index (χ3v) is 5.56. The first-order valence-corrected chi connectivity index (χ1v) is 10.1. The molecule has 150 valence electrons. The van der Waals surface area contributed by atoms with Crippen molar-refractivity contribution in [3.63, 3.8) is 0 Å². The number of benzene rings is 1. The highest BCUT2D eigenvalue weighted by Gasteiger charge is 2.16. The number of thiophene rings is 1. The first-order valence-electron chi connectivity index (χ1n) is 9.21. The van der Waals surface area contributed by atoms with Crippen LogP contribution in [0.25, 0.3) is 0 Å². The molecule has 3 aromatic rings. The topological polar surface area (TPSA) is 96.4 Å². The highest BCUT2D eigenvalue weighted by Crippen LogP contribution is 2.19. The maximum Gasteiger partial charge on any atom is 0.328 e. The van der Waals surface area contributed by atoms with Gasteiger partial charge in [0.15, 0.2) is 0 Å². The fraction of sp³-hybridized carbons (Fsp3) is 0.250. The Hall–Kier alpha value is -3.17. The van der Waals surface area contributed by atoms with E-state index in [1.165, 1.54) is 11.3 Å². The van der Waals surface area contributed by atoms with Crippen molar-refractivity contribution in [3.05, 3.63) is 79.3 Å². The Balaban J connectivity index is 1.51. The van der Waals surface area contributed by atoms with E-state index in [-0.39, 0.29) is 12.1 Å². The van der Waals surface area contributed by atoms with Gasteiger partial charge >= 0.3 is 5.69 Å². The molecule has 1 saturated heterocycles. The van der Waals surface area contributed by atoms with Gasteiger partial charge in [-0.3, -0.25) is 14.2 Å². The molecule has 1 amide bonds. The molecule has 0 spiro atoms. The summed E-state index contributed by atoms with van der Waals surface area (Å²) in [5.74, 6) is -0.565. The van der Waals surface area contributed by atoms with E-state index in [0.29, 0.717) is 18.9 Å². The van der Waals surface area contributed by atoms with Crippen LogP contribution in [-0.2, 0) is 11.3 Å². The molecular weight excluding hydrogens is 392 g/mol. The normalized spacial score (nSPS) is 14.0. The van der Waals surface area contributed by atoms with E-state index in [9.17, 15) is 14.4 Å². The van der Waals surface area contributed by atoms with Crippen LogP contribution in [0.3, 0.4) is 0 Å². The van der Waals surface area contributed by atoms with Crippen LogP contribution in [0.1, 0.15) is 15.2 Å². The van der Waals surface area contributed by atoms with E-state index < -0.39 is 17.2 Å². The summed E-state index contributed by atoms with van der Waals surface area (Å²) < 4.78 is 6.38. The van der Waals surface area contributed by atoms with Crippen LogP contribution < -0.4 is 21.5 Å². The summed E-state index contributed by atoms with van der Waals surface area (Å²) in [5.41, 5.74) is 0.342. The number of anilines is 2. The number of nitrogens with one attached hydrogen (secondary N) is 2. The van der Waals surface area contributed by atoms with E-state index >= 15 is 0 Å². The van der Waals surface area contributed by atoms with Crippen LogP contribution in [0.5, 0.6) is 0 Å². The zero-order valence-electron chi connectivity index (χ0n) is 15.6. The van der Waals surface area contributed by atoms with E-state index in [0.717, 1.165) is 34.4 Å². The summed E-state index contributed by atoms with van der Waals surface area (Å²) in [4.78, 5) is 42.9. The third kappa shape index (κ3) is 4.30. The number of carbonyl (C=O) groups excluding carboxylic acids is 1. The third-order valence-electron chi connectivity index (χ3n) is 4.70. The molecule has 0 unspecified atom stereocenters. The number of morpholine rings is 1. The van der Waals surface area contributed by atoms with Crippen molar-refractivity contribution in [2.45, 2.75) is 6.54 Å². The van der Waals surface area contributed by atoms with E-state index in [2.05, 4.69) is 15.2 Å². The van der Waals surface area contributed by atoms with Gasteiger partial charge in [0, 0.05) is 35.5 Å². The maximum atomic E-state index is 12.7. The Labute approximate surface area is 170 Å². The fourth-order valence-corrected chi connectivity index (χ4v) is 3.84. The lowest BCUT2D eigenvalue weighted by molar-refractivity contribution is 0.102. The van der Waals surface area contributed by atoms with Crippen molar-refractivity contribution in [1.82, 2.24) is 9.55 Å². The molecule has 2 aromatic heterocycles. The second kappa shape index (κ2) is 8.46. The van der Waals surface area contributed by atoms with Gasteiger partial charge in [0.25, 0.3) is 11.5 Å². The fourth-order valence-electron chi connectivity index (χ4n) is 3.15. The van der Waals surface area contributed by atoms with Crippen LogP contribution in [0, 0.1) is 0 Å². The Morgan fingerprint density at radius 3 is 2.59 bits per heavy atom. The van der Waals surface area contributed by atoms with Gasteiger partial charge in [-0.2, -0.15) is 0 Å². The summed E-state index contributed by atoms with van der Waals surface area (Å²) in [7, 11) is 0. The number of hydrogen-bond acceptors (Lipinski definition) is 6. The minimum absolute atomic E-state index is 0.113. The number of carbonyl (C=O) groups is 1. The predicted octanol–water partition coefficient (Wildman–Crippen LogP) is 1.74. The van der Waals surface area contributed by atoms with E-state index in [1.807, 2.05) is 29.6 Å². The Morgan fingerprint density at radius 1 is 1.14 bits per heavy atom. The summed E-state index contributed by atoms with van der Waals surface area (Å²) in [6.07, 6.45) is 1.16. The Kier molecular flexibility index (Phi) is 5.59. The number of amides is 1. The van der Waals surface area contributed by atoms with Crippen molar-refractivity contribution in [2.75, 3.05) is 36.5 Å². The largest absolute Gasteiger partial charge is 0.378 e. The van der Waals surface area contributed by atoms with Crippen LogP contribution in [-0.4, -0.2) is 41.8 Å². The van der Waals surface area contributed by atoms with Crippen LogP contribution in [0.15, 0.2) is 57.6 Å². The molecule has 1 aliphatic rings. The molecule has 2 N–H and O–H groups in total. The molecule has 0 bridgehead atoms. The summed E-state index contributed by atoms with van der Waals surface area (Å²) in [6, 6.07) is 11.1. The SMILES string of the molecule is O=C(Nc1ccc(N2CCOCC2)cc1)c1c[nH]c(=O)n(Cc2cccs2)c1=O. The molecule has 8 nitrogen and oxygen atoms in total. The molecule has 4 rings (SSSR count). The molecule has 29 heavy (non-hydrogen) atoms. The monoisotopic (exact) mass is 412 g/mol. The summed E-state index contributed by atoms with van der Waals surface area (Å²) in [6.45, 7) is 3.17. The molecule has 0 saturated carbocycles. The average molecular weight is 412 g/mol. The second-order valence-electron chi connectivity index (χ2n) is 6.58. The lowest BCUT2D eigenvalue weighted by Crippen LogP contribution is -2.39. The zero-order valence-corrected chi connectivity index (χ0v) is 16.4. The summed E-state index contributed by atoms with van der Waals surface area (Å²) in [5, 5.41) is 4.59. The van der Waals surface area contributed by atoms with Gasteiger partial charge in [-0.25, -0.2) is 4.79 Å². The molecule has 1 aromatic carbocycles. The summed E-state index contributed by atoms with van der Waals surface area (Å²) >= 11 is 1.44. The average Bonchev–Trinajstić information content (AvgIpc) is 3.25. The first kappa shape index (κ1) is 19.2. The van der Waals surface area contributed by atoms with Crippen LogP contribution in [0.2, 0.25) is 0 Å². The molecule has 9 heteroatoms. The molecule has 0 radical (unpaired) electrons. The molecular formula is C20H20N4O4S. The van der Waals surface area contributed by atoms with Gasteiger partial charge in [0.2, 0.25) is 0 Å².